The van der Waals surface area contributed by atoms with E-state index in [9.17, 15) is 5.11 Å². The van der Waals surface area contributed by atoms with Gasteiger partial charge in [-0.3, -0.25) is 4.98 Å². The van der Waals surface area contributed by atoms with E-state index in [0.717, 1.165) is 23.3 Å². The Bertz CT molecular complexity index is 485. The smallest absolute Gasteiger partial charge is 0.119 e. The van der Waals surface area contributed by atoms with Crippen LogP contribution >= 0.6 is 0 Å². The first-order valence-electron chi connectivity index (χ1n) is 5.97. The lowest BCUT2D eigenvalue weighted by Crippen LogP contribution is -2.08. The van der Waals surface area contributed by atoms with Gasteiger partial charge in [0.25, 0.3) is 0 Å². The van der Waals surface area contributed by atoms with Gasteiger partial charge < -0.3 is 9.84 Å². The molecule has 0 aliphatic carbocycles. The number of nitrogens with zero attached hydrogens (tertiary/aromatic N) is 1. The molecule has 1 unspecified atom stereocenters. The SMILES string of the molecule is COc1cccc(C(CO)Cc2cccnc2)c1. The van der Waals surface area contributed by atoms with E-state index < -0.39 is 0 Å². The zero-order chi connectivity index (χ0) is 12.8. The second-order valence-electron chi connectivity index (χ2n) is 4.22. The molecule has 1 heterocycles. The number of aromatic nitrogens is 1. The molecular weight excluding hydrogens is 226 g/mol. The molecular formula is C15H17NO2. The maximum atomic E-state index is 9.54. The lowest BCUT2D eigenvalue weighted by Gasteiger charge is -2.15. The number of rotatable bonds is 5. The van der Waals surface area contributed by atoms with Crippen molar-refractivity contribution in [1.29, 1.82) is 0 Å². The van der Waals surface area contributed by atoms with Gasteiger partial charge in [-0.05, 0) is 35.7 Å². The van der Waals surface area contributed by atoms with Crippen molar-refractivity contribution < 1.29 is 9.84 Å². The number of aliphatic hydroxyl groups excluding tert-OH is 1. The third-order valence-electron chi connectivity index (χ3n) is 2.99. The van der Waals surface area contributed by atoms with E-state index >= 15 is 0 Å². The van der Waals surface area contributed by atoms with Crippen molar-refractivity contribution in [3.63, 3.8) is 0 Å². The highest BCUT2D eigenvalue weighted by Gasteiger charge is 2.12. The summed E-state index contributed by atoms with van der Waals surface area (Å²) in [7, 11) is 1.65. The maximum Gasteiger partial charge on any atom is 0.119 e. The molecule has 0 amide bonds. The standard InChI is InChI=1S/C15H17NO2/c1-18-15-6-2-5-13(9-15)14(11-17)8-12-4-3-7-16-10-12/h2-7,9-10,14,17H,8,11H2,1H3. The third kappa shape index (κ3) is 3.08. The molecule has 0 bridgehead atoms. The van der Waals surface area contributed by atoms with E-state index in [1.807, 2.05) is 42.6 Å². The minimum absolute atomic E-state index is 0.0734. The van der Waals surface area contributed by atoms with Gasteiger partial charge in [-0.1, -0.05) is 18.2 Å². The number of hydrogen-bond donors (Lipinski definition) is 1. The highest BCUT2D eigenvalue weighted by Crippen LogP contribution is 2.23. The predicted octanol–water partition coefficient (Wildman–Crippen LogP) is 2.41. The molecule has 0 saturated heterocycles. The van der Waals surface area contributed by atoms with Crippen molar-refractivity contribution in [3.8, 4) is 5.75 Å². The minimum Gasteiger partial charge on any atom is -0.497 e. The molecule has 0 aliphatic rings. The molecule has 0 spiro atoms. The van der Waals surface area contributed by atoms with Crippen molar-refractivity contribution in [2.45, 2.75) is 12.3 Å². The zero-order valence-electron chi connectivity index (χ0n) is 10.4. The second kappa shape index (κ2) is 6.17. The normalized spacial score (nSPS) is 12.1. The Labute approximate surface area is 107 Å². The van der Waals surface area contributed by atoms with Crippen molar-refractivity contribution in [1.82, 2.24) is 4.98 Å². The van der Waals surface area contributed by atoms with Crippen LogP contribution in [0.25, 0.3) is 0 Å². The van der Waals surface area contributed by atoms with Crippen LogP contribution in [0, 0.1) is 0 Å². The average molecular weight is 243 g/mol. The van der Waals surface area contributed by atoms with Gasteiger partial charge in [-0.2, -0.15) is 0 Å². The maximum absolute atomic E-state index is 9.54. The van der Waals surface area contributed by atoms with Gasteiger partial charge in [0.15, 0.2) is 0 Å². The van der Waals surface area contributed by atoms with Crippen LogP contribution in [0.15, 0.2) is 48.8 Å². The van der Waals surface area contributed by atoms with Gasteiger partial charge in [0.1, 0.15) is 5.75 Å². The van der Waals surface area contributed by atoms with Gasteiger partial charge in [0.2, 0.25) is 0 Å². The van der Waals surface area contributed by atoms with Gasteiger partial charge in [0.05, 0.1) is 13.7 Å². The molecule has 18 heavy (non-hydrogen) atoms. The van der Waals surface area contributed by atoms with E-state index in [-0.39, 0.29) is 12.5 Å². The minimum atomic E-state index is 0.0734. The summed E-state index contributed by atoms with van der Waals surface area (Å²) >= 11 is 0. The summed E-state index contributed by atoms with van der Waals surface area (Å²) in [4.78, 5) is 4.09. The topological polar surface area (TPSA) is 42.4 Å². The molecule has 2 rings (SSSR count). The van der Waals surface area contributed by atoms with Crippen LogP contribution < -0.4 is 4.74 Å². The number of benzene rings is 1. The average Bonchev–Trinajstić information content (AvgIpc) is 2.46. The van der Waals surface area contributed by atoms with E-state index in [2.05, 4.69) is 4.98 Å². The van der Waals surface area contributed by atoms with E-state index in [0.29, 0.717) is 0 Å². The number of pyridine rings is 1. The summed E-state index contributed by atoms with van der Waals surface area (Å²) in [5, 5.41) is 9.54. The highest BCUT2D eigenvalue weighted by atomic mass is 16.5. The van der Waals surface area contributed by atoms with Gasteiger partial charge in [-0.15, -0.1) is 0 Å². The molecule has 1 N–H and O–H groups in total. The highest BCUT2D eigenvalue weighted by molar-refractivity contribution is 5.32. The number of aliphatic hydroxyl groups is 1. The Morgan fingerprint density at radius 2 is 2.17 bits per heavy atom. The molecule has 94 valence electrons. The Kier molecular flexibility index (Phi) is 4.31. The number of ether oxygens (including phenoxy) is 1. The Morgan fingerprint density at radius 1 is 1.28 bits per heavy atom. The van der Waals surface area contributed by atoms with Crippen LogP contribution in [0.1, 0.15) is 17.0 Å². The predicted molar refractivity (Wildman–Crippen MR) is 70.8 cm³/mol. The summed E-state index contributed by atoms with van der Waals surface area (Å²) in [6, 6.07) is 11.8. The fourth-order valence-electron chi connectivity index (χ4n) is 1.99. The quantitative estimate of drug-likeness (QED) is 0.877. The van der Waals surface area contributed by atoms with Crippen LogP contribution in [0.2, 0.25) is 0 Å². The molecule has 1 atom stereocenters. The summed E-state index contributed by atoms with van der Waals surface area (Å²) in [6.45, 7) is 0.113. The summed E-state index contributed by atoms with van der Waals surface area (Å²) in [6.07, 6.45) is 4.36. The van der Waals surface area contributed by atoms with Crippen molar-refractivity contribution in [3.05, 3.63) is 59.9 Å². The van der Waals surface area contributed by atoms with Crippen LogP contribution in [0.5, 0.6) is 5.75 Å². The Balaban J connectivity index is 2.17. The first-order chi connectivity index (χ1) is 8.83. The number of hydrogen-bond acceptors (Lipinski definition) is 3. The van der Waals surface area contributed by atoms with Gasteiger partial charge in [0, 0.05) is 18.3 Å². The lowest BCUT2D eigenvalue weighted by molar-refractivity contribution is 0.264. The fourth-order valence-corrected chi connectivity index (χ4v) is 1.99. The molecule has 0 aliphatic heterocycles. The first-order valence-corrected chi connectivity index (χ1v) is 5.97. The Morgan fingerprint density at radius 3 is 2.83 bits per heavy atom. The van der Waals surface area contributed by atoms with Crippen LogP contribution in [0.3, 0.4) is 0 Å². The van der Waals surface area contributed by atoms with Crippen molar-refractivity contribution in [2.75, 3.05) is 13.7 Å². The van der Waals surface area contributed by atoms with E-state index in [4.69, 9.17) is 4.74 Å². The van der Waals surface area contributed by atoms with Crippen LogP contribution in [-0.4, -0.2) is 23.8 Å². The first kappa shape index (κ1) is 12.6. The van der Waals surface area contributed by atoms with Crippen molar-refractivity contribution in [2.24, 2.45) is 0 Å². The molecule has 1 aromatic heterocycles. The third-order valence-corrected chi connectivity index (χ3v) is 2.99. The number of methoxy groups -OCH3 is 1. The molecule has 0 radical (unpaired) electrons. The molecule has 3 nitrogen and oxygen atoms in total. The molecule has 3 heteroatoms. The molecule has 2 aromatic rings. The molecule has 0 fully saturated rings. The summed E-state index contributed by atoms with van der Waals surface area (Å²) < 4.78 is 5.21. The monoisotopic (exact) mass is 243 g/mol. The second-order valence-corrected chi connectivity index (χ2v) is 4.22. The van der Waals surface area contributed by atoms with Crippen LogP contribution in [0.4, 0.5) is 0 Å². The fraction of sp³-hybridized carbons (Fsp3) is 0.267. The Hall–Kier alpha value is -1.87. The molecule has 1 aromatic carbocycles. The summed E-state index contributed by atoms with van der Waals surface area (Å²) in [5.74, 6) is 0.890. The lowest BCUT2D eigenvalue weighted by atomic mass is 9.93. The van der Waals surface area contributed by atoms with Gasteiger partial charge in [-0.25, -0.2) is 0 Å². The summed E-state index contributed by atoms with van der Waals surface area (Å²) in [5.41, 5.74) is 2.21. The van der Waals surface area contributed by atoms with E-state index in [1.165, 1.54) is 0 Å². The van der Waals surface area contributed by atoms with E-state index in [1.54, 1.807) is 13.3 Å². The van der Waals surface area contributed by atoms with Crippen molar-refractivity contribution >= 4 is 0 Å². The van der Waals surface area contributed by atoms with Crippen LogP contribution in [-0.2, 0) is 6.42 Å². The van der Waals surface area contributed by atoms with Gasteiger partial charge >= 0.3 is 0 Å². The zero-order valence-corrected chi connectivity index (χ0v) is 10.4. The molecule has 0 saturated carbocycles. The largest absolute Gasteiger partial charge is 0.497 e.